The second kappa shape index (κ2) is 21.1. The summed E-state index contributed by atoms with van der Waals surface area (Å²) < 4.78 is 5.66. The molecule has 0 aliphatic carbocycles. The molecule has 1 fully saturated rings. The van der Waals surface area contributed by atoms with E-state index in [1.807, 2.05) is 0 Å². The van der Waals surface area contributed by atoms with Gasteiger partial charge in [-0.05, 0) is 6.42 Å². The lowest BCUT2D eigenvalue weighted by atomic mass is 10.0. The summed E-state index contributed by atoms with van der Waals surface area (Å²) >= 11 is 0. The summed E-state index contributed by atoms with van der Waals surface area (Å²) in [7, 11) is 0. The smallest absolute Gasteiger partial charge is 0.0900 e. The van der Waals surface area contributed by atoms with Crippen molar-refractivity contribution in [3.8, 4) is 0 Å². The molecule has 1 atom stereocenters. The Bertz CT molecular complexity index is 322. The van der Waals surface area contributed by atoms with Crippen molar-refractivity contribution in [1.29, 1.82) is 0 Å². The summed E-state index contributed by atoms with van der Waals surface area (Å²) in [4.78, 5) is 2.32. The van der Waals surface area contributed by atoms with Crippen LogP contribution in [-0.2, 0) is 4.74 Å². The fourth-order valence-electron chi connectivity index (χ4n) is 4.22. The van der Waals surface area contributed by atoms with Crippen LogP contribution < -0.4 is 5.32 Å². The monoisotopic (exact) mass is 412 g/mol. The van der Waals surface area contributed by atoms with Crippen LogP contribution in [0.3, 0.4) is 0 Å². The van der Waals surface area contributed by atoms with Crippen molar-refractivity contribution >= 4 is 0 Å². The zero-order valence-corrected chi connectivity index (χ0v) is 19.6. The zero-order chi connectivity index (χ0) is 20.8. The van der Waals surface area contributed by atoms with Crippen molar-refractivity contribution in [3.63, 3.8) is 0 Å². The Morgan fingerprint density at radius 2 is 1.17 bits per heavy atom. The molecule has 0 aromatic rings. The van der Waals surface area contributed by atoms with Crippen LogP contribution in [0.15, 0.2) is 0 Å². The van der Waals surface area contributed by atoms with Gasteiger partial charge in [-0.3, -0.25) is 4.90 Å². The lowest BCUT2D eigenvalue weighted by molar-refractivity contribution is 0.0136. The van der Waals surface area contributed by atoms with Crippen LogP contribution in [0, 0.1) is 0 Å². The molecule has 1 aliphatic heterocycles. The van der Waals surface area contributed by atoms with Crippen molar-refractivity contribution in [2.45, 2.75) is 116 Å². The summed E-state index contributed by atoms with van der Waals surface area (Å²) in [5.74, 6) is 0. The van der Waals surface area contributed by atoms with Gasteiger partial charge in [0.05, 0.1) is 12.7 Å². The maximum absolute atomic E-state index is 10.0. The van der Waals surface area contributed by atoms with Gasteiger partial charge < -0.3 is 15.2 Å². The van der Waals surface area contributed by atoms with E-state index < -0.39 is 0 Å². The Balaban J connectivity index is 1.69. The minimum Gasteiger partial charge on any atom is -0.389 e. The largest absolute Gasteiger partial charge is 0.389 e. The number of rotatable bonds is 21. The van der Waals surface area contributed by atoms with E-state index in [0.717, 1.165) is 45.8 Å². The Morgan fingerprint density at radius 3 is 1.66 bits per heavy atom. The van der Waals surface area contributed by atoms with E-state index in [2.05, 4.69) is 17.1 Å². The van der Waals surface area contributed by atoms with Crippen LogP contribution in [0.1, 0.15) is 110 Å². The molecule has 0 aromatic carbocycles. The van der Waals surface area contributed by atoms with Crippen molar-refractivity contribution in [2.24, 2.45) is 0 Å². The number of hydrogen-bond donors (Lipinski definition) is 2. The van der Waals surface area contributed by atoms with Gasteiger partial charge in [0.2, 0.25) is 0 Å². The number of piperazine rings is 1. The standard InChI is InChI=1S/C25H52N2O2/c1-2-3-4-5-6-7-8-9-10-11-12-13-14-15-16-17-22-29-24-25(28)23-27-20-18-26-19-21-27/h25-26,28H,2-24H2,1H3. The number of ether oxygens (including phenoxy) is 1. The number of β-amino-alcohol motifs (C(OH)–C–C–N with tert-alkyl or cyclic N) is 1. The molecule has 4 nitrogen and oxygen atoms in total. The molecule has 0 aromatic heterocycles. The Morgan fingerprint density at radius 1 is 0.724 bits per heavy atom. The Hall–Kier alpha value is -0.160. The van der Waals surface area contributed by atoms with Crippen LogP contribution in [0.25, 0.3) is 0 Å². The molecule has 4 heteroatoms. The van der Waals surface area contributed by atoms with Crippen LogP contribution in [0.4, 0.5) is 0 Å². The fraction of sp³-hybridized carbons (Fsp3) is 1.00. The van der Waals surface area contributed by atoms with Crippen LogP contribution in [0.2, 0.25) is 0 Å². The van der Waals surface area contributed by atoms with Crippen molar-refractivity contribution in [2.75, 3.05) is 45.9 Å². The molecule has 1 heterocycles. The molecule has 29 heavy (non-hydrogen) atoms. The third-order valence-electron chi connectivity index (χ3n) is 6.13. The number of unbranched alkanes of at least 4 members (excludes halogenated alkanes) is 15. The van der Waals surface area contributed by atoms with E-state index in [1.165, 1.54) is 96.3 Å². The zero-order valence-electron chi connectivity index (χ0n) is 19.6. The van der Waals surface area contributed by atoms with E-state index in [-0.39, 0.29) is 6.10 Å². The summed E-state index contributed by atoms with van der Waals surface area (Å²) in [6.07, 6.45) is 22.0. The minimum absolute atomic E-state index is 0.339. The molecular weight excluding hydrogens is 360 g/mol. The summed E-state index contributed by atoms with van der Waals surface area (Å²) in [5, 5.41) is 13.4. The first-order valence-electron chi connectivity index (χ1n) is 13.0. The van der Waals surface area contributed by atoms with Crippen LogP contribution >= 0.6 is 0 Å². The van der Waals surface area contributed by atoms with Gasteiger partial charge in [0.1, 0.15) is 0 Å². The Labute approximate surface area is 182 Å². The number of nitrogens with one attached hydrogen (secondary N) is 1. The first-order valence-corrected chi connectivity index (χ1v) is 13.0. The quantitative estimate of drug-likeness (QED) is 0.243. The van der Waals surface area contributed by atoms with E-state index in [0.29, 0.717) is 6.61 Å². The molecule has 0 radical (unpaired) electrons. The highest BCUT2D eigenvalue weighted by Gasteiger charge is 2.14. The molecule has 1 rings (SSSR count). The number of nitrogens with zero attached hydrogens (tertiary/aromatic N) is 1. The van der Waals surface area contributed by atoms with Gasteiger partial charge in [0.15, 0.2) is 0 Å². The molecule has 0 saturated carbocycles. The Kier molecular flexibility index (Phi) is 19.5. The van der Waals surface area contributed by atoms with Crippen LogP contribution in [0.5, 0.6) is 0 Å². The van der Waals surface area contributed by atoms with Gasteiger partial charge in [0.25, 0.3) is 0 Å². The van der Waals surface area contributed by atoms with Gasteiger partial charge in [-0.1, -0.05) is 103 Å². The van der Waals surface area contributed by atoms with Crippen molar-refractivity contribution in [3.05, 3.63) is 0 Å². The maximum Gasteiger partial charge on any atom is 0.0900 e. The lowest BCUT2D eigenvalue weighted by Crippen LogP contribution is -2.47. The lowest BCUT2D eigenvalue weighted by Gasteiger charge is -2.28. The SMILES string of the molecule is CCCCCCCCCCCCCCCCCCOCC(O)CN1CCNCC1. The van der Waals surface area contributed by atoms with E-state index >= 15 is 0 Å². The molecule has 174 valence electrons. The first kappa shape index (κ1) is 26.9. The molecule has 1 aliphatic rings. The highest BCUT2D eigenvalue weighted by Crippen LogP contribution is 2.13. The molecule has 0 bridgehead atoms. The highest BCUT2D eigenvalue weighted by molar-refractivity contribution is 4.70. The van der Waals surface area contributed by atoms with Gasteiger partial charge in [-0.15, -0.1) is 0 Å². The molecule has 1 saturated heterocycles. The number of hydrogen-bond acceptors (Lipinski definition) is 4. The third-order valence-corrected chi connectivity index (χ3v) is 6.13. The molecular formula is C25H52N2O2. The molecule has 1 unspecified atom stereocenters. The summed E-state index contributed by atoms with van der Waals surface area (Å²) in [5.41, 5.74) is 0. The second-order valence-electron chi connectivity index (χ2n) is 9.08. The van der Waals surface area contributed by atoms with E-state index in [4.69, 9.17) is 4.74 Å². The number of aliphatic hydroxyl groups excluding tert-OH is 1. The normalized spacial score (nSPS) is 16.3. The fourth-order valence-corrected chi connectivity index (χ4v) is 4.22. The first-order chi connectivity index (χ1) is 14.3. The third kappa shape index (κ3) is 18.3. The number of aliphatic hydroxyl groups is 1. The summed E-state index contributed by atoms with van der Waals surface area (Å²) in [6.45, 7) is 8.48. The van der Waals surface area contributed by atoms with E-state index in [1.54, 1.807) is 0 Å². The topological polar surface area (TPSA) is 44.7 Å². The maximum atomic E-state index is 10.0. The van der Waals surface area contributed by atoms with Crippen molar-refractivity contribution < 1.29 is 9.84 Å². The minimum atomic E-state index is -0.339. The highest BCUT2D eigenvalue weighted by atomic mass is 16.5. The molecule has 0 amide bonds. The van der Waals surface area contributed by atoms with Gasteiger partial charge in [-0.2, -0.15) is 0 Å². The average Bonchev–Trinajstić information content (AvgIpc) is 2.73. The predicted molar refractivity (Wildman–Crippen MR) is 126 cm³/mol. The van der Waals surface area contributed by atoms with Gasteiger partial charge in [0, 0.05) is 39.3 Å². The average molecular weight is 413 g/mol. The predicted octanol–water partition coefficient (Wildman–Crippen LogP) is 5.53. The summed E-state index contributed by atoms with van der Waals surface area (Å²) in [6, 6.07) is 0. The van der Waals surface area contributed by atoms with Gasteiger partial charge >= 0.3 is 0 Å². The van der Waals surface area contributed by atoms with Gasteiger partial charge in [-0.25, -0.2) is 0 Å². The van der Waals surface area contributed by atoms with E-state index in [9.17, 15) is 5.11 Å². The molecule has 0 spiro atoms. The second-order valence-corrected chi connectivity index (χ2v) is 9.08. The van der Waals surface area contributed by atoms with Crippen LogP contribution in [-0.4, -0.2) is 62.0 Å². The molecule has 2 N–H and O–H groups in total. The van der Waals surface area contributed by atoms with Crippen molar-refractivity contribution in [1.82, 2.24) is 10.2 Å².